The number of nitrogens with two attached hydrogens (primary N) is 2. The Morgan fingerprint density at radius 3 is 2.12 bits per heavy atom. The molecule has 0 atom stereocenters. The molecule has 8 heavy (non-hydrogen) atoms. The Kier molecular flexibility index (Phi) is 3.90. The predicted molar refractivity (Wildman–Crippen MR) is 42.4 cm³/mol. The number of nitrogens with zero attached hydrogens (tertiary/aromatic N) is 1. The molecule has 4 N–H and O–H groups in total. The molecule has 0 aliphatic heterocycles. The minimum absolute atomic E-state index is 0.0721. The Hall–Kier alpha value is -0.0300. The molecule has 0 radical (unpaired) electrons. The second-order valence-corrected chi connectivity index (χ2v) is 2.90. The van der Waals surface area contributed by atoms with Gasteiger partial charge in [0.15, 0.2) is 5.96 Å². The lowest BCUT2D eigenvalue weighted by Gasteiger charge is -1.95. The lowest BCUT2D eigenvalue weighted by atomic mass is 10.8. The summed E-state index contributed by atoms with van der Waals surface area (Å²) in [6.07, 6.45) is 0. The van der Waals surface area contributed by atoms with E-state index in [1.807, 2.05) is 0 Å². The van der Waals surface area contributed by atoms with E-state index in [0.29, 0.717) is 6.54 Å². The Morgan fingerprint density at radius 2 is 2.00 bits per heavy atom. The van der Waals surface area contributed by atoms with Crippen LogP contribution in [-0.2, 0) is 0 Å². The minimum Gasteiger partial charge on any atom is -0.370 e. The minimum atomic E-state index is -0.0721. The van der Waals surface area contributed by atoms with Crippen LogP contribution in [0.5, 0.6) is 0 Å². The topological polar surface area (TPSA) is 64.4 Å². The third-order valence-electron chi connectivity index (χ3n) is 0.437. The summed E-state index contributed by atoms with van der Waals surface area (Å²) in [6.45, 7) is 0.453. The van der Waals surface area contributed by atoms with Crippen molar-refractivity contribution in [1.82, 2.24) is 0 Å². The molecule has 0 heterocycles. The summed E-state index contributed by atoms with van der Waals surface area (Å²) < 4.78 is -0.0721. The van der Waals surface area contributed by atoms with Gasteiger partial charge in [-0.25, -0.2) is 0 Å². The first-order valence-electron chi connectivity index (χ1n) is 2.04. The standard InChI is InChI=1S/C3H9N3S2/c4-3(5)6-1-2(7)8/h2,7-8H,1H2,(H4,4,5,6). The molecule has 0 aliphatic rings. The molecule has 0 unspecified atom stereocenters. The van der Waals surface area contributed by atoms with Gasteiger partial charge in [-0.05, 0) is 0 Å². The maximum Gasteiger partial charge on any atom is 0.185 e. The van der Waals surface area contributed by atoms with Crippen molar-refractivity contribution < 1.29 is 0 Å². The number of aliphatic imine (C=N–C) groups is 1. The second-order valence-electron chi connectivity index (χ2n) is 1.25. The van der Waals surface area contributed by atoms with Crippen LogP contribution in [0.4, 0.5) is 0 Å². The maximum atomic E-state index is 5.00. The molecule has 48 valence electrons. The second kappa shape index (κ2) is 3.91. The van der Waals surface area contributed by atoms with Gasteiger partial charge in [-0.2, -0.15) is 25.3 Å². The first kappa shape index (κ1) is 7.97. The Labute approximate surface area is 59.4 Å². The van der Waals surface area contributed by atoms with Crippen LogP contribution in [0.15, 0.2) is 4.99 Å². The van der Waals surface area contributed by atoms with Crippen LogP contribution in [-0.4, -0.2) is 17.1 Å². The molecule has 0 rings (SSSR count). The highest BCUT2D eigenvalue weighted by atomic mass is 32.2. The molecule has 0 saturated carbocycles. The largest absolute Gasteiger partial charge is 0.370 e. The third kappa shape index (κ3) is 5.97. The van der Waals surface area contributed by atoms with Crippen molar-refractivity contribution in [2.75, 3.05) is 6.54 Å². The molecular formula is C3H9N3S2. The molecule has 0 bridgehead atoms. The smallest absolute Gasteiger partial charge is 0.185 e. The monoisotopic (exact) mass is 151 g/mol. The summed E-state index contributed by atoms with van der Waals surface area (Å²) in [6, 6.07) is 0. The van der Waals surface area contributed by atoms with Crippen molar-refractivity contribution in [2.45, 2.75) is 4.58 Å². The van der Waals surface area contributed by atoms with Gasteiger partial charge in [-0.3, -0.25) is 4.99 Å². The highest BCUT2D eigenvalue weighted by Gasteiger charge is 1.89. The molecular weight excluding hydrogens is 142 g/mol. The lowest BCUT2D eigenvalue weighted by molar-refractivity contribution is 1.10. The summed E-state index contributed by atoms with van der Waals surface area (Å²) in [5.41, 5.74) is 10.0. The highest BCUT2D eigenvalue weighted by Crippen LogP contribution is 1.98. The van der Waals surface area contributed by atoms with Gasteiger partial charge in [-0.1, -0.05) is 0 Å². The van der Waals surface area contributed by atoms with Crippen molar-refractivity contribution >= 4 is 31.2 Å². The van der Waals surface area contributed by atoms with Gasteiger partial charge in [0.2, 0.25) is 0 Å². The summed E-state index contributed by atoms with van der Waals surface area (Å²) in [7, 11) is 0. The first-order valence-corrected chi connectivity index (χ1v) is 3.07. The van der Waals surface area contributed by atoms with Crippen LogP contribution in [0, 0.1) is 0 Å². The number of hydrogen-bond acceptors (Lipinski definition) is 3. The summed E-state index contributed by atoms with van der Waals surface area (Å²) in [5.74, 6) is 0.0816. The SMILES string of the molecule is NC(N)=NCC(S)S. The fraction of sp³-hybridized carbons (Fsp3) is 0.667. The van der Waals surface area contributed by atoms with Crippen LogP contribution in [0.2, 0.25) is 0 Å². The highest BCUT2D eigenvalue weighted by molar-refractivity contribution is 7.99. The van der Waals surface area contributed by atoms with E-state index in [9.17, 15) is 0 Å². The zero-order chi connectivity index (χ0) is 6.57. The molecule has 0 aromatic rings. The summed E-state index contributed by atoms with van der Waals surface area (Å²) in [4.78, 5) is 3.64. The van der Waals surface area contributed by atoms with E-state index in [1.54, 1.807) is 0 Å². The Bertz CT molecular complexity index is 86.5. The van der Waals surface area contributed by atoms with Crippen molar-refractivity contribution in [3.8, 4) is 0 Å². The molecule has 0 amide bonds. The fourth-order valence-corrected chi connectivity index (χ4v) is 0.350. The van der Waals surface area contributed by atoms with Crippen LogP contribution in [0.1, 0.15) is 0 Å². The molecule has 0 aromatic carbocycles. The van der Waals surface area contributed by atoms with Gasteiger partial charge in [0.25, 0.3) is 0 Å². The third-order valence-corrected chi connectivity index (χ3v) is 0.764. The van der Waals surface area contributed by atoms with Crippen LogP contribution >= 0.6 is 25.3 Å². The normalized spacial score (nSPS) is 9.38. The van der Waals surface area contributed by atoms with E-state index in [4.69, 9.17) is 11.5 Å². The van der Waals surface area contributed by atoms with E-state index >= 15 is 0 Å². The fourth-order valence-electron chi connectivity index (χ4n) is 0.187. The maximum absolute atomic E-state index is 5.00. The van der Waals surface area contributed by atoms with E-state index in [-0.39, 0.29) is 10.5 Å². The zero-order valence-electron chi connectivity index (χ0n) is 4.28. The molecule has 0 spiro atoms. The van der Waals surface area contributed by atoms with Crippen LogP contribution < -0.4 is 11.5 Å². The van der Waals surface area contributed by atoms with Crippen LogP contribution in [0.3, 0.4) is 0 Å². The quantitative estimate of drug-likeness (QED) is 0.185. The molecule has 3 nitrogen and oxygen atoms in total. The zero-order valence-corrected chi connectivity index (χ0v) is 6.07. The van der Waals surface area contributed by atoms with Crippen molar-refractivity contribution in [1.29, 1.82) is 0 Å². The van der Waals surface area contributed by atoms with Gasteiger partial charge in [0.05, 0.1) is 11.1 Å². The van der Waals surface area contributed by atoms with Gasteiger partial charge in [-0.15, -0.1) is 0 Å². The predicted octanol–water partition coefficient (Wildman–Crippen LogP) is -0.554. The molecule has 0 saturated heterocycles. The van der Waals surface area contributed by atoms with E-state index in [0.717, 1.165) is 0 Å². The van der Waals surface area contributed by atoms with Crippen molar-refractivity contribution in [3.05, 3.63) is 0 Å². The first-order chi connectivity index (χ1) is 3.63. The van der Waals surface area contributed by atoms with Gasteiger partial charge in [0, 0.05) is 0 Å². The van der Waals surface area contributed by atoms with Gasteiger partial charge >= 0.3 is 0 Å². The van der Waals surface area contributed by atoms with Crippen molar-refractivity contribution in [2.24, 2.45) is 16.5 Å². The molecule has 0 fully saturated rings. The van der Waals surface area contributed by atoms with Crippen LogP contribution in [0.25, 0.3) is 0 Å². The summed E-state index contributed by atoms with van der Waals surface area (Å²) >= 11 is 7.84. The lowest BCUT2D eigenvalue weighted by Crippen LogP contribution is -2.23. The Balaban J connectivity index is 3.29. The Morgan fingerprint density at radius 1 is 1.50 bits per heavy atom. The molecule has 5 heteroatoms. The van der Waals surface area contributed by atoms with E-state index < -0.39 is 0 Å². The average Bonchev–Trinajstić information content (AvgIpc) is 1.61. The van der Waals surface area contributed by atoms with Gasteiger partial charge < -0.3 is 11.5 Å². The number of hydrogen-bond donors (Lipinski definition) is 4. The number of guanidine groups is 1. The number of rotatable bonds is 2. The summed E-state index contributed by atoms with van der Waals surface area (Å²) in [5, 5.41) is 0. The molecule has 0 aromatic heterocycles. The van der Waals surface area contributed by atoms with E-state index in [1.165, 1.54) is 0 Å². The molecule has 0 aliphatic carbocycles. The van der Waals surface area contributed by atoms with E-state index in [2.05, 4.69) is 30.2 Å². The number of thiol groups is 2. The van der Waals surface area contributed by atoms with Gasteiger partial charge in [0.1, 0.15) is 0 Å². The van der Waals surface area contributed by atoms with Crippen molar-refractivity contribution in [3.63, 3.8) is 0 Å². The average molecular weight is 151 g/mol.